The first-order valence-corrected chi connectivity index (χ1v) is 15.6. The third-order valence-corrected chi connectivity index (χ3v) is 8.74. The van der Waals surface area contributed by atoms with E-state index in [1.54, 1.807) is 54.6 Å². The molecule has 4 aromatic rings. The van der Waals surface area contributed by atoms with Gasteiger partial charge in [0.05, 0.1) is 28.7 Å². The van der Waals surface area contributed by atoms with E-state index in [0.717, 1.165) is 17.7 Å². The van der Waals surface area contributed by atoms with Gasteiger partial charge in [0, 0.05) is 6.04 Å². The maximum Gasteiger partial charge on any atom is 0.337 e. The molecular weight excluding hydrogens is 587 g/mol. The summed E-state index contributed by atoms with van der Waals surface area (Å²) >= 11 is 0. The fraction of sp³-hybridized carbons (Fsp3) is 0.212. The first kappa shape index (κ1) is 30.7. The molecule has 0 radical (unpaired) electrons. The van der Waals surface area contributed by atoms with E-state index in [9.17, 15) is 27.5 Å². The maximum absolute atomic E-state index is 13.1. The molecule has 1 aliphatic rings. The highest BCUT2D eigenvalue weighted by Crippen LogP contribution is 2.28. The van der Waals surface area contributed by atoms with Crippen molar-refractivity contribution in [3.8, 4) is 17.2 Å². The number of hydrogen-bond acceptors (Lipinski definition) is 6. The molecule has 1 saturated carbocycles. The van der Waals surface area contributed by atoms with Crippen LogP contribution in [0.4, 0.5) is 10.1 Å². The summed E-state index contributed by atoms with van der Waals surface area (Å²) in [4.78, 5) is 23.9. The fourth-order valence-electron chi connectivity index (χ4n) is 4.95. The number of carboxylic acids is 1. The number of hydrogen-bond donors (Lipinski definition) is 3. The van der Waals surface area contributed by atoms with E-state index in [2.05, 4.69) is 10.0 Å². The zero-order valence-electron chi connectivity index (χ0n) is 23.6. The Bertz CT molecular complexity index is 1700. The second kappa shape index (κ2) is 13.7. The quantitative estimate of drug-likeness (QED) is 0.183. The van der Waals surface area contributed by atoms with Gasteiger partial charge in [0.2, 0.25) is 15.9 Å². The molecule has 0 saturated heterocycles. The number of aromatic carboxylic acids is 1. The highest BCUT2D eigenvalue weighted by molar-refractivity contribution is 7.89. The predicted octanol–water partition coefficient (Wildman–Crippen LogP) is 6.17. The normalized spacial score (nSPS) is 16.6. The van der Waals surface area contributed by atoms with Crippen LogP contribution in [-0.2, 0) is 21.2 Å². The zero-order chi connectivity index (χ0) is 31.1. The van der Waals surface area contributed by atoms with Crippen LogP contribution in [0.3, 0.4) is 0 Å². The zero-order valence-corrected chi connectivity index (χ0v) is 24.4. The Morgan fingerprint density at radius 1 is 0.795 bits per heavy atom. The van der Waals surface area contributed by atoms with Crippen LogP contribution in [0.15, 0.2) is 102 Å². The molecule has 1 aliphatic carbocycles. The minimum absolute atomic E-state index is 0.0262. The largest absolute Gasteiger partial charge is 0.490 e. The highest BCUT2D eigenvalue weighted by Gasteiger charge is 2.26. The van der Waals surface area contributed by atoms with Crippen molar-refractivity contribution in [3.63, 3.8) is 0 Å². The van der Waals surface area contributed by atoms with Crippen LogP contribution in [-0.4, -0.2) is 37.5 Å². The van der Waals surface area contributed by atoms with Crippen molar-refractivity contribution in [1.29, 1.82) is 0 Å². The summed E-state index contributed by atoms with van der Waals surface area (Å²) in [5, 5.41) is 11.9. The van der Waals surface area contributed by atoms with Gasteiger partial charge in [-0.15, -0.1) is 0 Å². The average Bonchev–Trinajstić information content (AvgIpc) is 3.00. The van der Waals surface area contributed by atoms with Crippen molar-refractivity contribution < 1.29 is 37.0 Å². The van der Waals surface area contributed by atoms with E-state index < -0.39 is 21.8 Å². The van der Waals surface area contributed by atoms with E-state index in [-0.39, 0.29) is 40.6 Å². The number of amides is 1. The van der Waals surface area contributed by atoms with Crippen molar-refractivity contribution in [2.24, 2.45) is 0 Å². The van der Waals surface area contributed by atoms with Gasteiger partial charge in [0.15, 0.2) is 0 Å². The maximum atomic E-state index is 13.1. The summed E-state index contributed by atoms with van der Waals surface area (Å²) in [6.07, 6.45) is 2.65. The van der Waals surface area contributed by atoms with Gasteiger partial charge in [-0.2, -0.15) is 0 Å². The second-order valence-corrected chi connectivity index (χ2v) is 12.2. The number of anilines is 1. The monoisotopic (exact) mass is 618 g/mol. The number of rotatable bonds is 11. The Morgan fingerprint density at radius 3 is 2.02 bits per heavy atom. The number of carbonyl (C=O) groups excluding carboxylic acids is 1. The van der Waals surface area contributed by atoms with E-state index in [1.165, 1.54) is 18.2 Å². The summed E-state index contributed by atoms with van der Waals surface area (Å²) in [5.41, 5.74) is 1.01. The van der Waals surface area contributed by atoms with Gasteiger partial charge in [-0.05, 0) is 104 Å². The standard InChI is InChI=1S/C33H31FN2O7S/c34-23-7-19-29(20-8-23)44(40,41)36-24-9-13-26(14-10-24)43-28-17-15-27(16-18-28)42-25-11-5-22(6-12-25)21-32(37)35-31-4-2-1-3-30(31)33(38)39/h1-8,11-12,15-20,24,26,36H,9-10,13-14,21H2,(H,35,37)(H,38,39). The van der Waals surface area contributed by atoms with E-state index in [1.807, 2.05) is 12.1 Å². The van der Waals surface area contributed by atoms with Gasteiger partial charge < -0.3 is 19.9 Å². The molecule has 0 spiro atoms. The molecule has 1 fully saturated rings. The number of benzene rings is 4. The first-order valence-electron chi connectivity index (χ1n) is 14.1. The number of carbonyl (C=O) groups is 2. The molecular formula is C33H31FN2O7S. The summed E-state index contributed by atoms with van der Waals surface area (Å²) in [5.74, 6) is -0.0650. The highest BCUT2D eigenvalue weighted by atomic mass is 32.2. The number of halogens is 1. The topological polar surface area (TPSA) is 131 Å². The molecule has 1 amide bonds. The van der Waals surface area contributed by atoms with Crippen molar-refractivity contribution in [2.75, 3.05) is 5.32 Å². The molecule has 228 valence electrons. The van der Waals surface area contributed by atoms with Gasteiger partial charge in [0.25, 0.3) is 0 Å². The molecule has 0 aromatic heterocycles. The van der Waals surface area contributed by atoms with Crippen LogP contribution in [0.5, 0.6) is 17.2 Å². The molecule has 0 atom stereocenters. The van der Waals surface area contributed by atoms with Crippen LogP contribution >= 0.6 is 0 Å². The molecule has 0 unspecified atom stereocenters. The van der Waals surface area contributed by atoms with Gasteiger partial charge in [0.1, 0.15) is 23.1 Å². The third-order valence-electron chi connectivity index (χ3n) is 7.20. The summed E-state index contributed by atoms with van der Waals surface area (Å²) in [7, 11) is -3.71. The number of para-hydroxylation sites is 1. The van der Waals surface area contributed by atoms with E-state index in [4.69, 9.17) is 9.47 Å². The van der Waals surface area contributed by atoms with Crippen molar-refractivity contribution >= 4 is 27.6 Å². The number of carboxylic acid groups (broad SMARTS) is 1. The Kier molecular flexibility index (Phi) is 9.56. The predicted molar refractivity (Wildman–Crippen MR) is 162 cm³/mol. The molecule has 3 N–H and O–H groups in total. The lowest BCUT2D eigenvalue weighted by Gasteiger charge is -2.29. The lowest BCUT2D eigenvalue weighted by Crippen LogP contribution is -2.39. The molecule has 11 heteroatoms. The molecule has 0 aliphatic heterocycles. The number of sulfonamides is 1. The van der Waals surface area contributed by atoms with Crippen LogP contribution in [0, 0.1) is 5.82 Å². The Balaban J connectivity index is 1.07. The molecule has 5 rings (SSSR count). The van der Waals surface area contributed by atoms with Gasteiger partial charge in [-0.1, -0.05) is 24.3 Å². The Hall–Kier alpha value is -4.74. The van der Waals surface area contributed by atoms with Gasteiger partial charge >= 0.3 is 5.97 Å². The van der Waals surface area contributed by atoms with Crippen molar-refractivity contribution in [1.82, 2.24) is 4.72 Å². The van der Waals surface area contributed by atoms with Crippen molar-refractivity contribution in [3.05, 3.63) is 114 Å². The Labute approximate surface area is 254 Å². The number of nitrogens with one attached hydrogen (secondary N) is 2. The molecule has 9 nitrogen and oxygen atoms in total. The van der Waals surface area contributed by atoms with Crippen molar-refractivity contribution in [2.45, 2.75) is 49.1 Å². The molecule has 0 bridgehead atoms. The lowest BCUT2D eigenvalue weighted by molar-refractivity contribution is -0.115. The Morgan fingerprint density at radius 2 is 1.39 bits per heavy atom. The third kappa shape index (κ3) is 8.21. The van der Waals surface area contributed by atoms with Gasteiger partial charge in [-0.25, -0.2) is 22.3 Å². The molecule has 0 heterocycles. The SMILES string of the molecule is O=C(Cc1ccc(Oc2ccc(OC3CCC(NS(=O)(=O)c4ccc(F)cc4)CC3)cc2)cc1)Nc1ccccc1C(=O)O. The van der Waals surface area contributed by atoms with E-state index >= 15 is 0 Å². The van der Waals surface area contributed by atoms with Crippen LogP contribution < -0.4 is 19.5 Å². The molecule has 4 aromatic carbocycles. The second-order valence-electron chi connectivity index (χ2n) is 10.5. The molecule has 44 heavy (non-hydrogen) atoms. The van der Waals surface area contributed by atoms with Crippen LogP contribution in [0.1, 0.15) is 41.6 Å². The average molecular weight is 619 g/mol. The summed E-state index contributed by atoms with van der Waals surface area (Å²) < 4.78 is 53.1. The minimum atomic E-state index is -3.71. The smallest absolute Gasteiger partial charge is 0.337 e. The summed E-state index contributed by atoms with van der Waals surface area (Å²) in [6, 6.07) is 25.0. The number of ether oxygens (including phenoxy) is 2. The van der Waals surface area contributed by atoms with E-state index in [0.29, 0.717) is 42.9 Å². The van der Waals surface area contributed by atoms with Gasteiger partial charge in [-0.3, -0.25) is 4.79 Å². The van der Waals surface area contributed by atoms with Crippen LogP contribution in [0.25, 0.3) is 0 Å². The fourth-order valence-corrected chi connectivity index (χ4v) is 6.25. The van der Waals surface area contributed by atoms with Crippen LogP contribution in [0.2, 0.25) is 0 Å². The minimum Gasteiger partial charge on any atom is -0.490 e. The first-order chi connectivity index (χ1) is 21.1. The lowest BCUT2D eigenvalue weighted by atomic mass is 9.94. The summed E-state index contributed by atoms with van der Waals surface area (Å²) in [6.45, 7) is 0.